The summed E-state index contributed by atoms with van der Waals surface area (Å²) >= 11 is 0. The van der Waals surface area contributed by atoms with Crippen molar-refractivity contribution >= 4 is 43.6 Å². The molecule has 0 aliphatic carbocycles. The molecule has 0 atom stereocenters. The minimum atomic E-state index is -0.409. The first-order valence-corrected chi connectivity index (χ1v) is 18.6. The van der Waals surface area contributed by atoms with Gasteiger partial charge in [0.05, 0.1) is 40.3 Å². The Morgan fingerprint density at radius 2 is 0.786 bits per heavy atom. The van der Waals surface area contributed by atoms with Gasteiger partial charge in [0, 0.05) is 49.6 Å². The summed E-state index contributed by atoms with van der Waals surface area (Å²) in [6.45, 7) is 0. The first kappa shape index (κ1) is 27.1. The number of hydrogen-bond donors (Lipinski definition) is 0. The van der Waals surface area contributed by atoms with E-state index >= 15 is 0 Å². The Kier molecular flexibility index (Phi) is 6.33. The van der Waals surface area contributed by atoms with Crippen molar-refractivity contribution in [3.63, 3.8) is 0 Å². The van der Waals surface area contributed by atoms with Gasteiger partial charge in [0.25, 0.3) is 0 Å². The lowest BCUT2D eigenvalue weighted by Crippen LogP contribution is -1.97. The van der Waals surface area contributed by atoms with Crippen molar-refractivity contribution in [1.29, 1.82) is 0 Å². The molecule has 0 saturated carbocycles. The van der Waals surface area contributed by atoms with Crippen LogP contribution < -0.4 is 0 Å². The van der Waals surface area contributed by atoms with Gasteiger partial charge in [0.15, 0.2) is 5.82 Å². The van der Waals surface area contributed by atoms with Crippen LogP contribution in [0.3, 0.4) is 0 Å². The van der Waals surface area contributed by atoms with Crippen molar-refractivity contribution in [3.8, 4) is 56.4 Å². The van der Waals surface area contributed by atoms with Gasteiger partial charge < -0.3 is 9.13 Å². The lowest BCUT2D eigenvalue weighted by Gasteiger charge is -2.12. The fourth-order valence-corrected chi connectivity index (χ4v) is 8.03. The monoisotopic (exact) mass is 719 g/mol. The SMILES string of the molecule is [2H]c1c([2H])c([2H])c(-n2c3ccccc3c3cc(-c4ccc5c(c4)c4ccccc4n5-c4ccc(-c5cc(-c6ccccc6)nc(-c6ccccc6)n5)cc4)ccc32)c([2H])c1[2H]. The predicted octanol–water partition coefficient (Wildman–Crippen LogP) is 13.3. The number of aromatic nitrogens is 4. The average Bonchev–Trinajstić information content (AvgIpc) is 3.83. The first-order chi connectivity index (χ1) is 29.8. The molecule has 0 saturated heterocycles. The molecule has 4 nitrogen and oxygen atoms in total. The van der Waals surface area contributed by atoms with Crippen molar-refractivity contribution in [2.45, 2.75) is 0 Å². The lowest BCUT2D eigenvalue weighted by molar-refractivity contribution is 1.17. The van der Waals surface area contributed by atoms with E-state index in [4.69, 9.17) is 16.8 Å². The van der Waals surface area contributed by atoms with Crippen LogP contribution in [0.5, 0.6) is 0 Å². The van der Waals surface area contributed by atoms with Crippen LogP contribution in [0.15, 0.2) is 206 Å². The Bertz CT molecular complexity index is 3440. The summed E-state index contributed by atoms with van der Waals surface area (Å²) in [5.41, 5.74) is 11.6. The highest BCUT2D eigenvalue weighted by atomic mass is 15.0. The molecule has 56 heavy (non-hydrogen) atoms. The number of rotatable bonds is 6. The van der Waals surface area contributed by atoms with Crippen LogP contribution >= 0.6 is 0 Å². The summed E-state index contributed by atoms with van der Waals surface area (Å²) in [7, 11) is 0. The van der Waals surface area contributed by atoms with Gasteiger partial charge in [-0.2, -0.15) is 0 Å². The van der Waals surface area contributed by atoms with E-state index in [1.807, 2.05) is 84.9 Å². The van der Waals surface area contributed by atoms with Crippen LogP contribution in [-0.2, 0) is 0 Å². The Balaban J connectivity index is 1.01. The van der Waals surface area contributed by atoms with E-state index in [9.17, 15) is 0 Å². The van der Waals surface area contributed by atoms with Gasteiger partial charge in [-0.1, -0.05) is 139 Å². The largest absolute Gasteiger partial charge is 0.309 e. The third-order valence-corrected chi connectivity index (χ3v) is 10.6. The summed E-state index contributed by atoms with van der Waals surface area (Å²) in [4.78, 5) is 10.0. The second-order valence-electron chi connectivity index (χ2n) is 13.9. The topological polar surface area (TPSA) is 35.6 Å². The molecule has 3 aromatic heterocycles. The molecule has 0 aliphatic heterocycles. The predicted molar refractivity (Wildman–Crippen MR) is 232 cm³/mol. The van der Waals surface area contributed by atoms with E-state index < -0.39 is 6.04 Å². The number of nitrogens with zero attached hydrogens (tertiary/aromatic N) is 4. The Morgan fingerprint density at radius 3 is 1.36 bits per heavy atom. The quantitative estimate of drug-likeness (QED) is 0.171. The van der Waals surface area contributed by atoms with Gasteiger partial charge in [-0.05, 0) is 77.8 Å². The van der Waals surface area contributed by atoms with E-state index in [0.717, 1.165) is 88.5 Å². The van der Waals surface area contributed by atoms with Crippen LogP contribution in [0.25, 0.3) is 100 Å². The molecule has 262 valence electrons. The summed E-state index contributed by atoms with van der Waals surface area (Å²) < 4.78 is 46.5. The molecule has 0 fully saturated rings. The number of fused-ring (bicyclic) bond motifs is 6. The van der Waals surface area contributed by atoms with Crippen LogP contribution in [0.2, 0.25) is 0 Å². The third-order valence-electron chi connectivity index (χ3n) is 10.6. The zero-order valence-corrected chi connectivity index (χ0v) is 30.0. The molecule has 8 aromatic carbocycles. The minimum Gasteiger partial charge on any atom is -0.309 e. The van der Waals surface area contributed by atoms with Crippen molar-refractivity contribution in [2.24, 2.45) is 0 Å². The molecule has 0 unspecified atom stereocenters. The normalized spacial score (nSPS) is 12.8. The fraction of sp³-hybridized carbons (Fsp3) is 0. The standard InChI is InChI=1S/C52H34N4/c1-4-14-35(15-5-1)46-34-47(54-52(53-46)37-16-6-2-7-17-37)36-24-28-41(29-25-36)56-49-23-13-11-21-43(49)45-33-39(27-31-51(45)56)38-26-30-50-44(32-38)42-20-10-12-22-48(42)55(50)40-18-8-3-9-19-40/h1-34H/i3D,8D,9D,18D,19D. The highest BCUT2D eigenvalue weighted by Gasteiger charge is 2.17. The summed E-state index contributed by atoms with van der Waals surface area (Å²) in [5, 5.41) is 4.12. The second-order valence-corrected chi connectivity index (χ2v) is 13.9. The molecule has 11 rings (SSSR count). The van der Waals surface area contributed by atoms with Gasteiger partial charge in [-0.15, -0.1) is 0 Å². The van der Waals surface area contributed by atoms with Gasteiger partial charge in [-0.3, -0.25) is 0 Å². The highest BCUT2D eigenvalue weighted by molar-refractivity contribution is 6.12. The third kappa shape index (κ3) is 5.31. The molecule has 0 aliphatic rings. The van der Waals surface area contributed by atoms with E-state index in [1.54, 1.807) is 4.57 Å². The van der Waals surface area contributed by atoms with Gasteiger partial charge in [-0.25, -0.2) is 9.97 Å². The van der Waals surface area contributed by atoms with Crippen LogP contribution in [0.1, 0.15) is 6.85 Å². The van der Waals surface area contributed by atoms with Crippen LogP contribution in [0, 0.1) is 0 Å². The maximum atomic E-state index is 8.77. The minimum absolute atomic E-state index is 0.137. The lowest BCUT2D eigenvalue weighted by atomic mass is 10.0. The number of para-hydroxylation sites is 3. The van der Waals surface area contributed by atoms with E-state index in [-0.39, 0.29) is 29.9 Å². The van der Waals surface area contributed by atoms with Crippen LogP contribution in [-0.4, -0.2) is 19.1 Å². The first-order valence-electron chi connectivity index (χ1n) is 21.1. The summed E-state index contributed by atoms with van der Waals surface area (Å²) in [6.07, 6.45) is 0. The maximum absolute atomic E-state index is 8.77. The Morgan fingerprint density at radius 1 is 0.339 bits per heavy atom. The molecule has 0 N–H and O–H groups in total. The fourth-order valence-electron chi connectivity index (χ4n) is 8.03. The molecule has 0 spiro atoms. The van der Waals surface area contributed by atoms with Gasteiger partial charge in [0.1, 0.15) is 0 Å². The molecule has 0 radical (unpaired) electrons. The van der Waals surface area contributed by atoms with Gasteiger partial charge in [0.2, 0.25) is 0 Å². The average molecular weight is 720 g/mol. The Hall–Kier alpha value is -7.56. The molecule has 0 amide bonds. The molecule has 3 heterocycles. The molecular weight excluding hydrogens is 681 g/mol. The number of hydrogen-bond acceptors (Lipinski definition) is 2. The van der Waals surface area contributed by atoms with Crippen molar-refractivity contribution in [2.75, 3.05) is 0 Å². The zero-order chi connectivity index (χ0) is 41.4. The maximum Gasteiger partial charge on any atom is 0.160 e. The summed E-state index contributed by atoms with van der Waals surface area (Å²) in [5.74, 6) is 0.679. The molecule has 0 bridgehead atoms. The van der Waals surface area contributed by atoms with E-state index in [2.05, 4.69) is 95.6 Å². The highest BCUT2D eigenvalue weighted by Crippen LogP contribution is 2.38. The van der Waals surface area contributed by atoms with Crippen molar-refractivity contribution in [1.82, 2.24) is 19.1 Å². The van der Waals surface area contributed by atoms with E-state index in [1.165, 1.54) is 0 Å². The molecule has 11 aromatic rings. The van der Waals surface area contributed by atoms with Gasteiger partial charge >= 0.3 is 0 Å². The van der Waals surface area contributed by atoms with Crippen molar-refractivity contribution < 1.29 is 6.85 Å². The summed E-state index contributed by atoms with van der Waals surface area (Å²) in [6, 6.07) is 58.4. The Labute approximate surface area is 331 Å². The zero-order valence-electron chi connectivity index (χ0n) is 35.0. The number of benzene rings is 8. The van der Waals surface area contributed by atoms with Crippen molar-refractivity contribution in [3.05, 3.63) is 206 Å². The molecule has 4 heteroatoms. The smallest absolute Gasteiger partial charge is 0.160 e. The molecular formula is C52H34N4. The van der Waals surface area contributed by atoms with Crippen LogP contribution in [0.4, 0.5) is 0 Å². The second kappa shape index (κ2) is 13.1. The van der Waals surface area contributed by atoms with E-state index in [0.29, 0.717) is 5.82 Å².